The number of esters is 3. The number of hydrogen-bond acceptors (Lipinski definition) is 9. The Morgan fingerprint density at radius 2 is 1.97 bits per heavy atom. The maximum absolute atomic E-state index is 12.5. The lowest BCUT2D eigenvalue weighted by Gasteiger charge is -2.40. The number of rotatable bonds is 4. The topological polar surface area (TPSA) is 129 Å². The van der Waals surface area contributed by atoms with Crippen LogP contribution in [-0.2, 0) is 33.3 Å². The average molecular weight is 410 g/mol. The van der Waals surface area contributed by atoms with E-state index in [4.69, 9.17) is 18.9 Å². The maximum atomic E-state index is 12.5. The quantitative estimate of drug-likeness (QED) is 0.515. The van der Waals surface area contributed by atoms with Crippen LogP contribution in [0.15, 0.2) is 23.0 Å². The van der Waals surface area contributed by atoms with Crippen molar-refractivity contribution in [1.82, 2.24) is 0 Å². The second-order valence-corrected chi connectivity index (χ2v) is 8.08. The van der Waals surface area contributed by atoms with Crippen molar-refractivity contribution < 1.29 is 43.5 Å². The highest BCUT2D eigenvalue weighted by Gasteiger charge is 2.58. The molecule has 0 saturated carbocycles. The van der Waals surface area contributed by atoms with E-state index in [1.54, 1.807) is 13.8 Å². The molecule has 2 bridgehead atoms. The van der Waals surface area contributed by atoms with Crippen molar-refractivity contribution in [3.05, 3.63) is 23.0 Å². The van der Waals surface area contributed by atoms with E-state index in [2.05, 4.69) is 0 Å². The molecule has 3 rings (SSSR count). The number of carbonyl (C=O) groups is 3. The Morgan fingerprint density at radius 3 is 2.59 bits per heavy atom. The molecule has 1 saturated heterocycles. The van der Waals surface area contributed by atoms with Crippen molar-refractivity contribution in [2.45, 2.75) is 76.5 Å². The van der Waals surface area contributed by atoms with Crippen molar-refractivity contribution in [3.63, 3.8) is 0 Å². The van der Waals surface area contributed by atoms with Crippen LogP contribution in [0.2, 0.25) is 0 Å². The Kier molecular flexibility index (Phi) is 5.35. The van der Waals surface area contributed by atoms with Crippen molar-refractivity contribution in [2.24, 2.45) is 0 Å². The van der Waals surface area contributed by atoms with Crippen molar-refractivity contribution in [3.8, 4) is 0 Å². The average Bonchev–Trinajstić information content (AvgIpc) is 3.09. The van der Waals surface area contributed by atoms with Gasteiger partial charge < -0.3 is 29.2 Å². The fourth-order valence-electron chi connectivity index (χ4n) is 3.87. The van der Waals surface area contributed by atoms with Gasteiger partial charge in [0.15, 0.2) is 5.79 Å². The summed E-state index contributed by atoms with van der Waals surface area (Å²) in [5.41, 5.74) is -2.61. The summed E-state index contributed by atoms with van der Waals surface area (Å²) in [4.78, 5) is 35.8. The van der Waals surface area contributed by atoms with Crippen LogP contribution in [-0.4, -0.2) is 57.8 Å². The van der Waals surface area contributed by atoms with Crippen LogP contribution in [0.5, 0.6) is 0 Å². The second-order valence-electron chi connectivity index (χ2n) is 8.08. The highest BCUT2D eigenvalue weighted by atomic mass is 16.7. The van der Waals surface area contributed by atoms with Gasteiger partial charge in [-0.3, -0.25) is 9.59 Å². The van der Waals surface area contributed by atoms with Gasteiger partial charge in [0.2, 0.25) is 0 Å². The molecule has 9 heteroatoms. The van der Waals surface area contributed by atoms with Crippen LogP contribution < -0.4 is 0 Å². The predicted molar refractivity (Wildman–Crippen MR) is 96.9 cm³/mol. The highest BCUT2D eigenvalue weighted by molar-refractivity contribution is 5.95. The largest absolute Gasteiger partial charge is 0.461 e. The molecule has 0 spiro atoms. The van der Waals surface area contributed by atoms with Gasteiger partial charge in [0.1, 0.15) is 24.1 Å². The molecule has 3 aliphatic rings. The summed E-state index contributed by atoms with van der Waals surface area (Å²) in [6.45, 7) is 5.53. The second kappa shape index (κ2) is 7.23. The molecule has 0 aromatic carbocycles. The van der Waals surface area contributed by atoms with E-state index < -0.39 is 41.0 Å². The Morgan fingerprint density at radius 1 is 1.28 bits per heavy atom. The van der Waals surface area contributed by atoms with E-state index in [9.17, 15) is 24.6 Å². The Labute approximate surface area is 168 Å². The van der Waals surface area contributed by atoms with Gasteiger partial charge in [-0.2, -0.15) is 0 Å². The van der Waals surface area contributed by atoms with Gasteiger partial charge in [-0.15, -0.1) is 0 Å². The lowest BCUT2D eigenvalue weighted by atomic mass is 9.82. The summed E-state index contributed by atoms with van der Waals surface area (Å²) in [5, 5.41) is 22.1. The van der Waals surface area contributed by atoms with Gasteiger partial charge in [-0.1, -0.05) is 6.92 Å². The minimum atomic E-state index is -1.88. The molecule has 0 amide bonds. The summed E-state index contributed by atoms with van der Waals surface area (Å²) in [6, 6.07) is 0. The molecule has 9 nitrogen and oxygen atoms in total. The highest BCUT2D eigenvalue weighted by Crippen LogP contribution is 2.49. The molecule has 0 aromatic heterocycles. The number of hydrogen-bond donors (Lipinski definition) is 2. The first kappa shape index (κ1) is 21.5. The van der Waals surface area contributed by atoms with Crippen molar-refractivity contribution in [1.29, 1.82) is 0 Å². The molecular formula is C20H26O9. The first-order valence-electron chi connectivity index (χ1n) is 9.56. The fraction of sp³-hybridized carbons (Fsp3) is 0.650. The first-order valence-corrected chi connectivity index (χ1v) is 9.56. The van der Waals surface area contributed by atoms with Gasteiger partial charge in [0.25, 0.3) is 0 Å². The van der Waals surface area contributed by atoms with Crippen LogP contribution in [0, 0.1) is 0 Å². The predicted octanol–water partition coefficient (Wildman–Crippen LogP) is 1.02. The molecule has 2 N–H and O–H groups in total. The smallest absolute Gasteiger partial charge is 0.343 e. The molecule has 1 fully saturated rings. The first-order chi connectivity index (χ1) is 13.4. The Balaban J connectivity index is 2.16. The fourth-order valence-corrected chi connectivity index (χ4v) is 3.87. The van der Waals surface area contributed by atoms with Gasteiger partial charge in [0, 0.05) is 31.8 Å². The van der Waals surface area contributed by atoms with E-state index in [-0.39, 0.29) is 42.8 Å². The van der Waals surface area contributed by atoms with Crippen molar-refractivity contribution in [2.75, 3.05) is 6.61 Å². The van der Waals surface area contributed by atoms with Crippen LogP contribution in [0.25, 0.3) is 0 Å². The van der Waals surface area contributed by atoms with Gasteiger partial charge in [0.05, 0.1) is 11.2 Å². The van der Waals surface area contributed by atoms with Gasteiger partial charge >= 0.3 is 17.9 Å². The molecule has 29 heavy (non-hydrogen) atoms. The van der Waals surface area contributed by atoms with E-state index in [1.807, 2.05) is 0 Å². The molecule has 0 aromatic rings. The van der Waals surface area contributed by atoms with Crippen LogP contribution in [0.3, 0.4) is 0 Å². The zero-order valence-corrected chi connectivity index (χ0v) is 16.9. The van der Waals surface area contributed by atoms with E-state index in [0.717, 1.165) is 0 Å². The zero-order valence-electron chi connectivity index (χ0n) is 16.9. The third-order valence-corrected chi connectivity index (χ3v) is 5.57. The van der Waals surface area contributed by atoms with Crippen LogP contribution >= 0.6 is 0 Å². The number of ether oxygens (including phenoxy) is 4. The molecule has 0 unspecified atom stereocenters. The summed E-state index contributed by atoms with van der Waals surface area (Å²) >= 11 is 0. The van der Waals surface area contributed by atoms with E-state index >= 15 is 0 Å². The molecule has 3 aliphatic heterocycles. The van der Waals surface area contributed by atoms with Gasteiger partial charge in [-0.05, 0) is 26.3 Å². The molecular weight excluding hydrogens is 384 g/mol. The summed E-state index contributed by atoms with van der Waals surface area (Å²) < 4.78 is 21.7. The Hall–Kier alpha value is -2.23. The molecule has 160 valence electrons. The molecule has 0 radical (unpaired) electrons. The SMILES string of the molecule is CCC(=O)O[C@H]1C[C@@](C)(O)[C@]2(O)CC[C@](C)(/C=C3/OC(=O)C(COC(C)=O)=C31)O2. The van der Waals surface area contributed by atoms with Crippen LogP contribution in [0.1, 0.15) is 53.4 Å². The summed E-state index contributed by atoms with van der Waals surface area (Å²) in [5.74, 6) is -3.66. The van der Waals surface area contributed by atoms with Crippen molar-refractivity contribution >= 4 is 17.9 Å². The maximum Gasteiger partial charge on any atom is 0.343 e. The zero-order chi connectivity index (χ0) is 21.6. The lowest BCUT2D eigenvalue weighted by molar-refractivity contribution is -0.298. The van der Waals surface area contributed by atoms with Gasteiger partial charge in [-0.25, -0.2) is 4.79 Å². The summed E-state index contributed by atoms with van der Waals surface area (Å²) in [6.07, 6.45) is 0.744. The standard InChI is InChI=1S/C20H26O9/c1-5-15(22)27-14-9-19(4,24)20(25)7-6-18(3,29-20)8-13-16(14)12(17(23)28-13)10-26-11(2)21/h8,14,24-25H,5-7,9-10H2,1-4H3/b13-8+/t14-,18+,19+,20-/m0/s1. The molecule has 4 atom stereocenters. The van der Waals surface area contributed by atoms with Crippen LogP contribution in [0.4, 0.5) is 0 Å². The number of aliphatic hydroxyl groups is 2. The monoisotopic (exact) mass is 410 g/mol. The Bertz CT molecular complexity index is 809. The normalized spacial score (nSPS) is 38.2. The number of carbonyl (C=O) groups excluding carboxylic acids is 3. The van der Waals surface area contributed by atoms with E-state index in [0.29, 0.717) is 6.42 Å². The minimum absolute atomic E-state index is 0.0181. The third kappa shape index (κ3) is 3.94. The van der Waals surface area contributed by atoms with E-state index in [1.165, 1.54) is 19.9 Å². The molecule has 3 heterocycles. The lowest BCUT2D eigenvalue weighted by Crippen LogP contribution is -2.54. The third-order valence-electron chi connectivity index (χ3n) is 5.57. The molecule has 0 aliphatic carbocycles. The summed E-state index contributed by atoms with van der Waals surface area (Å²) in [7, 11) is 0. The minimum Gasteiger partial charge on any atom is -0.461 e. The number of fused-ring (bicyclic) bond motifs is 3.